The number of benzene rings is 1. The fourth-order valence-corrected chi connectivity index (χ4v) is 2.09. The number of hydrogen-bond acceptors (Lipinski definition) is 3. The van der Waals surface area contributed by atoms with Gasteiger partial charge in [-0.1, -0.05) is 6.07 Å². The third-order valence-electron chi connectivity index (χ3n) is 3.21. The van der Waals surface area contributed by atoms with Gasteiger partial charge in [-0.3, -0.25) is 4.98 Å². The second-order valence-electron chi connectivity index (χ2n) is 4.58. The molecule has 0 amide bonds. The van der Waals surface area contributed by atoms with E-state index in [1.807, 2.05) is 36.7 Å². The molecule has 106 valence electrons. The molecule has 0 aliphatic carbocycles. The van der Waals surface area contributed by atoms with Gasteiger partial charge in [0.1, 0.15) is 6.54 Å². The Morgan fingerprint density at radius 3 is 2.40 bits per heavy atom. The van der Waals surface area contributed by atoms with Crippen LogP contribution in [0.25, 0.3) is 0 Å². The molecule has 2 rings (SSSR count). The predicted molar refractivity (Wildman–Crippen MR) is 78.0 cm³/mol. The molecule has 2 N–H and O–H groups in total. The first-order chi connectivity index (χ1) is 9.83. The van der Waals surface area contributed by atoms with Crippen LogP contribution in [-0.2, 0) is 13.0 Å². The number of ether oxygens (including phenoxy) is 2. The van der Waals surface area contributed by atoms with Gasteiger partial charge in [0, 0.05) is 24.4 Å². The van der Waals surface area contributed by atoms with E-state index in [2.05, 4.69) is 16.4 Å². The normalized spacial score (nSPS) is 10.3. The molecule has 0 aliphatic rings. The Hall–Kier alpha value is -2.07. The lowest BCUT2D eigenvalue weighted by molar-refractivity contribution is -0.670. The molecule has 1 aromatic heterocycles. The summed E-state index contributed by atoms with van der Waals surface area (Å²) in [4.78, 5) is 4.02. The highest BCUT2D eigenvalue weighted by atomic mass is 16.5. The van der Waals surface area contributed by atoms with E-state index < -0.39 is 0 Å². The van der Waals surface area contributed by atoms with Crippen LogP contribution in [0.4, 0.5) is 0 Å². The minimum atomic E-state index is 0.775. The van der Waals surface area contributed by atoms with E-state index in [1.165, 1.54) is 11.1 Å². The Bertz CT molecular complexity index is 529. The smallest absolute Gasteiger partial charge is 0.160 e. The van der Waals surface area contributed by atoms with E-state index in [0.29, 0.717) is 0 Å². The van der Waals surface area contributed by atoms with Crippen LogP contribution >= 0.6 is 0 Å². The van der Waals surface area contributed by atoms with E-state index in [-0.39, 0.29) is 0 Å². The summed E-state index contributed by atoms with van der Waals surface area (Å²) < 4.78 is 10.5. The lowest BCUT2D eigenvalue weighted by Gasteiger charge is -2.09. The first-order valence-corrected chi connectivity index (χ1v) is 6.75. The van der Waals surface area contributed by atoms with Crippen LogP contribution in [0, 0.1) is 0 Å². The van der Waals surface area contributed by atoms with Crippen LogP contribution in [0.2, 0.25) is 0 Å². The van der Waals surface area contributed by atoms with Crippen LogP contribution in [0.1, 0.15) is 11.1 Å². The summed E-state index contributed by atoms with van der Waals surface area (Å²) in [6, 6.07) is 10.2. The van der Waals surface area contributed by atoms with E-state index in [9.17, 15) is 0 Å². The summed E-state index contributed by atoms with van der Waals surface area (Å²) in [5.41, 5.74) is 2.56. The van der Waals surface area contributed by atoms with Gasteiger partial charge in [-0.15, -0.1) is 0 Å². The maximum Gasteiger partial charge on any atom is 0.160 e. The zero-order chi connectivity index (χ0) is 14.2. The fraction of sp³-hybridized carbons (Fsp3) is 0.312. The van der Waals surface area contributed by atoms with Gasteiger partial charge in [0.2, 0.25) is 0 Å². The van der Waals surface area contributed by atoms with Crippen molar-refractivity contribution in [2.45, 2.75) is 13.0 Å². The van der Waals surface area contributed by atoms with Crippen molar-refractivity contribution >= 4 is 0 Å². The molecular formula is C16H21N2O2+. The van der Waals surface area contributed by atoms with E-state index in [0.717, 1.165) is 31.0 Å². The molecule has 0 atom stereocenters. The van der Waals surface area contributed by atoms with Gasteiger partial charge in [0.05, 0.1) is 20.8 Å². The van der Waals surface area contributed by atoms with Crippen molar-refractivity contribution in [2.24, 2.45) is 0 Å². The van der Waals surface area contributed by atoms with Crippen molar-refractivity contribution in [1.82, 2.24) is 4.98 Å². The number of quaternary nitrogens is 1. The Labute approximate surface area is 119 Å². The van der Waals surface area contributed by atoms with Crippen LogP contribution in [0.5, 0.6) is 11.5 Å². The van der Waals surface area contributed by atoms with Crippen molar-refractivity contribution in [1.29, 1.82) is 0 Å². The Balaban J connectivity index is 1.82. The average molecular weight is 273 g/mol. The third kappa shape index (κ3) is 3.96. The highest BCUT2D eigenvalue weighted by Crippen LogP contribution is 2.27. The maximum absolute atomic E-state index is 5.31. The number of hydrogen-bond donors (Lipinski definition) is 1. The first-order valence-electron chi connectivity index (χ1n) is 6.75. The van der Waals surface area contributed by atoms with Crippen molar-refractivity contribution in [3.8, 4) is 11.5 Å². The predicted octanol–water partition coefficient (Wildman–Crippen LogP) is 1.40. The second-order valence-corrected chi connectivity index (χ2v) is 4.58. The zero-order valence-electron chi connectivity index (χ0n) is 12.0. The summed E-state index contributed by atoms with van der Waals surface area (Å²) in [7, 11) is 3.32. The SMILES string of the molecule is COc1ccc(CC[NH2+]Cc2ccncc2)cc1OC. The number of methoxy groups -OCH3 is 2. The van der Waals surface area contributed by atoms with Gasteiger partial charge in [0.25, 0.3) is 0 Å². The molecule has 0 radical (unpaired) electrons. The van der Waals surface area contributed by atoms with Crippen molar-refractivity contribution < 1.29 is 14.8 Å². The highest BCUT2D eigenvalue weighted by Gasteiger charge is 2.05. The van der Waals surface area contributed by atoms with Gasteiger partial charge in [-0.05, 0) is 29.8 Å². The van der Waals surface area contributed by atoms with E-state index in [1.54, 1.807) is 14.2 Å². The number of aromatic nitrogens is 1. The number of rotatable bonds is 7. The molecule has 4 nitrogen and oxygen atoms in total. The van der Waals surface area contributed by atoms with Crippen LogP contribution in [0.15, 0.2) is 42.7 Å². The molecule has 0 saturated heterocycles. The molecule has 0 unspecified atom stereocenters. The van der Waals surface area contributed by atoms with E-state index in [4.69, 9.17) is 9.47 Å². The maximum atomic E-state index is 5.31. The molecule has 20 heavy (non-hydrogen) atoms. The first kappa shape index (κ1) is 14.3. The average Bonchev–Trinajstić information content (AvgIpc) is 2.52. The van der Waals surface area contributed by atoms with Crippen LogP contribution < -0.4 is 14.8 Å². The lowest BCUT2D eigenvalue weighted by Crippen LogP contribution is -2.83. The zero-order valence-corrected chi connectivity index (χ0v) is 12.0. The van der Waals surface area contributed by atoms with Crippen molar-refractivity contribution in [3.63, 3.8) is 0 Å². The summed E-state index contributed by atoms with van der Waals surface area (Å²) in [6.45, 7) is 2.02. The highest BCUT2D eigenvalue weighted by molar-refractivity contribution is 5.42. The molecule has 2 aromatic rings. The van der Waals surface area contributed by atoms with Crippen molar-refractivity contribution in [3.05, 3.63) is 53.9 Å². The Morgan fingerprint density at radius 2 is 1.70 bits per heavy atom. The minimum absolute atomic E-state index is 0.775. The van der Waals surface area contributed by atoms with Crippen LogP contribution in [-0.4, -0.2) is 25.7 Å². The van der Waals surface area contributed by atoms with Crippen LogP contribution in [0.3, 0.4) is 0 Å². The van der Waals surface area contributed by atoms with Gasteiger partial charge < -0.3 is 14.8 Å². The summed E-state index contributed by atoms with van der Waals surface area (Å²) in [6.07, 6.45) is 4.67. The third-order valence-corrected chi connectivity index (χ3v) is 3.21. The monoisotopic (exact) mass is 273 g/mol. The molecular weight excluding hydrogens is 252 g/mol. The molecule has 0 bridgehead atoms. The largest absolute Gasteiger partial charge is 0.493 e. The number of nitrogens with zero attached hydrogens (tertiary/aromatic N) is 1. The molecule has 1 aromatic carbocycles. The quantitative estimate of drug-likeness (QED) is 0.776. The standard InChI is InChI=1S/C16H20N2O2/c1-19-15-4-3-13(11-16(15)20-2)5-10-18-12-14-6-8-17-9-7-14/h3-4,6-9,11,18H,5,10,12H2,1-2H3/p+1. The van der Waals surface area contributed by atoms with Gasteiger partial charge >= 0.3 is 0 Å². The molecule has 0 spiro atoms. The number of pyridine rings is 1. The van der Waals surface area contributed by atoms with Gasteiger partial charge in [-0.2, -0.15) is 0 Å². The van der Waals surface area contributed by atoms with Crippen molar-refractivity contribution in [2.75, 3.05) is 20.8 Å². The molecule has 0 aliphatic heterocycles. The topological polar surface area (TPSA) is 48.0 Å². The molecule has 4 heteroatoms. The minimum Gasteiger partial charge on any atom is -0.493 e. The summed E-state index contributed by atoms with van der Waals surface area (Å²) in [5.74, 6) is 1.57. The fourth-order valence-electron chi connectivity index (χ4n) is 2.09. The Morgan fingerprint density at radius 1 is 0.950 bits per heavy atom. The molecule has 1 heterocycles. The van der Waals surface area contributed by atoms with Gasteiger partial charge in [-0.25, -0.2) is 0 Å². The second kappa shape index (κ2) is 7.50. The molecule has 0 saturated carbocycles. The van der Waals surface area contributed by atoms with Gasteiger partial charge in [0.15, 0.2) is 11.5 Å². The molecule has 0 fully saturated rings. The Kier molecular flexibility index (Phi) is 5.38. The summed E-state index contributed by atoms with van der Waals surface area (Å²) in [5, 5.41) is 2.30. The lowest BCUT2D eigenvalue weighted by atomic mass is 10.1. The van der Waals surface area contributed by atoms with E-state index >= 15 is 0 Å². The summed E-state index contributed by atoms with van der Waals surface area (Å²) >= 11 is 0. The number of nitrogens with two attached hydrogens (primary N) is 1.